The summed E-state index contributed by atoms with van der Waals surface area (Å²) in [5.41, 5.74) is 1.31. The van der Waals surface area contributed by atoms with Gasteiger partial charge in [0.25, 0.3) is 5.91 Å². The van der Waals surface area contributed by atoms with E-state index >= 15 is 0 Å². The first kappa shape index (κ1) is 16.9. The molecule has 1 heterocycles. The van der Waals surface area contributed by atoms with Crippen molar-refractivity contribution in [3.63, 3.8) is 0 Å². The average molecular weight is 335 g/mol. The zero-order chi connectivity index (χ0) is 16.8. The van der Waals surface area contributed by atoms with Crippen LogP contribution in [-0.4, -0.2) is 28.1 Å². The van der Waals surface area contributed by atoms with E-state index in [4.69, 9.17) is 21.4 Å². The van der Waals surface area contributed by atoms with Crippen molar-refractivity contribution in [1.29, 1.82) is 0 Å². The lowest BCUT2D eigenvalue weighted by Crippen LogP contribution is -2.30. The van der Waals surface area contributed by atoms with Crippen molar-refractivity contribution in [3.8, 4) is 0 Å². The first-order valence-electron chi connectivity index (χ1n) is 6.83. The summed E-state index contributed by atoms with van der Waals surface area (Å²) >= 11 is 5.85. The van der Waals surface area contributed by atoms with Crippen LogP contribution in [-0.2, 0) is 16.1 Å². The first-order valence-corrected chi connectivity index (χ1v) is 7.21. The van der Waals surface area contributed by atoms with Crippen molar-refractivity contribution in [1.82, 2.24) is 4.98 Å². The second-order valence-corrected chi connectivity index (χ2v) is 5.09. The van der Waals surface area contributed by atoms with Crippen LogP contribution in [0.25, 0.3) is 0 Å². The van der Waals surface area contributed by atoms with Crippen LogP contribution in [0.5, 0.6) is 0 Å². The van der Waals surface area contributed by atoms with Gasteiger partial charge in [0.15, 0.2) is 11.3 Å². The van der Waals surface area contributed by atoms with E-state index in [1.54, 1.807) is 24.3 Å². The van der Waals surface area contributed by atoms with Gasteiger partial charge >= 0.3 is 5.97 Å². The molecule has 1 aromatic carbocycles. The molecule has 2 aromatic rings. The van der Waals surface area contributed by atoms with E-state index in [1.807, 2.05) is 0 Å². The van der Waals surface area contributed by atoms with Gasteiger partial charge in [-0.2, -0.15) is 0 Å². The molecule has 0 saturated carbocycles. The normalized spacial score (nSPS) is 11.6. The first-order chi connectivity index (χ1) is 11.0. The smallest absolute Gasteiger partial charge is 0.338 e. The number of hydrogen-bond donors (Lipinski definition) is 2. The van der Waals surface area contributed by atoms with Gasteiger partial charge in [0.05, 0.1) is 17.9 Å². The van der Waals surface area contributed by atoms with E-state index in [0.717, 1.165) is 0 Å². The highest BCUT2D eigenvalue weighted by molar-refractivity contribution is 6.32. The number of benzene rings is 1. The number of ether oxygens (including phenoxy) is 1. The van der Waals surface area contributed by atoms with Gasteiger partial charge in [0.2, 0.25) is 0 Å². The molecule has 0 fully saturated rings. The zero-order valence-corrected chi connectivity index (χ0v) is 13.1. The van der Waals surface area contributed by atoms with Gasteiger partial charge < -0.3 is 15.2 Å². The Labute approximate surface area is 138 Å². The molecule has 2 rings (SSSR count). The fourth-order valence-corrected chi connectivity index (χ4v) is 1.91. The molecule has 0 spiro atoms. The average Bonchev–Trinajstić information content (AvgIpc) is 2.56. The quantitative estimate of drug-likeness (QED) is 0.647. The minimum absolute atomic E-state index is 0.111. The molecule has 0 unspecified atom stereocenters. The summed E-state index contributed by atoms with van der Waals surface area (Å²) in [7, 11) is 0. The number of aromatic nitrogens is 1. The summed E-state index contributed by atoms with van der Waals surface area (Å²) in [6.07, 6.45) is 0.494. The van der Waals surface area contributed by atoms with Gasteiger partial charge in [-0.05, 0) is 36.8 Å². The molecule has 2 N–H and O–H groups in total. The number of hydrogen-bond acceptors (Lipinski definition) is 5. The van der Waals surface area contributed by atoms with E-state index in [2.05, 4.69) is 10.3 Å². The van der Waals surface area contributed by atoms with Crippen molar-refractivity contribution < 1.29 is 19.4 Å². The summed E-state index contributed by atoms with van der Waals surface area (Å²) in [5.74, 6) is -1.14. The Morgan fingerprint density at radius 2 is 2.00 bits per heavy atom. The third-order valence-electron chi connectivity index (χ3n) is 3.04. The maximum Gasteiger partial charge on any atom is 0.338 e. The number of aliphatic hydroxyl groups excluding tert-OH is 1. The molecule has 0 aliphatic heterocycles. The van der Waals surface area contributed by atoms with E-state index in [1.165, 1.54) is 25.3 Å². The molecule has 0 radical (unpaired) electrons. The molecular formula is C16H15ClN2O4. The number of esters is 1. The molecule has 7 heteroatoms. The van der Waals surface area contributed by atoms with E-state index in [9.17, 15) is 9.59 Å². The number of nitrogens with zero attached hydrogens (tertiary/aromatic N) is 1. The third kappa shape index (κ3) is 4.51. The lowest BCUT2D eigenvalue weighted by molar-refractivity contribution is -0.123. The van der Waals surface area contributed by atoms with Crippen molar-refractivity contribution in [3.05, 3.63) is 58.9 Å². The number of carbonyl (C=O) groups is 2. The van der Waals surface area contributed by atoms with Crippen LogP contribution < -0.4 is 5.32 Å². The Morgan fingerprint density at radius 3 is 2.61 bits per heavy atom. The van der Waals surface area contributed by atoms with Gasteiger partial charge in [-0.1, -0.05) is 23.7 Å². The number of nitrogens with one attached hydrogen (secondary N) is 1. The number of aliphatic hydroxyl groups is 1. The monoisotopic (exact) mass is 334 g/mol. The molecule has 0 aliphatic rings. The second-order valence-electron chi connectivity index (χ2n) is 4.73. The highest BCUT2D eigenvalue weighted by Gasteiger charge is 2.19. The zero-order valence-electron chi connectivity index (χ0n) is 12.3. The van der Waals surface area contributed by atoms with Crippen LogP contribution >= 0.6 is 11.6 Å². The Morgan fingerprint density at radius 1 is 1.30 bits per heavy atom. The molecule has 0 saturated heterocycles. The summed E-state index contributed by atoms with van der Waals surface area (Å²) in [6.45, 7) is 1.35. The van der Waals surface area contributed by atoms with Crippen LogP contribution in [0, 0.1) is 0 Å². The van der Waals surface area contributed by atoms with E-state index in [0.29, 0.717) is 16.8 Å². The number of anilines is 1. The molecule has 1 amide bonds. The van der Waals surface area contributed by atoms with E-state index < -0.39 is 18.0 Å². The SMILES string of the molecule is C[C@@H](OC(=O)c1ccc(CO)cc1)C(=O)Nc1cccnc1Cl. The highest BCUT2D eigenvalue weighted by Crippen LogP contribution is 2.18. The molecule has 120 valence electrons. The van der Waals surface area contributed by atoms with Crippen LogP contribution in [0.1, 0.15) is 22.8 Å². The number of carbonyl (C=O) groups excluding carboxylic acids is 2. The van der Waals surface area contributed by atoms with Crippen LogP contribution in [0.15, 0.2) is 42.6 Å². The Bertz CT molecular complexity index is 703. The van der Waals surface area contributed by atoms with Crippen LogP contribution in [0.2, 0.25) is 5.15 Å². The largest absolute Gasteiger partial charge is 0.449 e. The Balaban J connectivity index is 1.97. The van der Waals surface area contributed by atoms with Crippen molar-refractivity contribution >= 4 is 29.2 Å². The highest BCUT2D eigenvalue weighted by atomic mass is 35.5. The number of pyridine rings is 1. The fraction of sp³-hybridized carbons (Fsp3) is 0.188. The Hall–Kier alpha value is -2.44. The second kappa shape index (κ2) is 7.71. The van der Waals surface area contributed by atoms with Crippen LogP contribution in [0.3, 0.4) is 0 Å². The summed E-state index contributed by atoms with van der Waals surface area (Å²) < 4.78 is 5.11. The lowest BCUT2D eigenvalue weighted by atomic mass is 10.1. The molecular weight excluding hydrogens is 320 g/mol. The summed E-state index contributed by atoms with van der Waals surface area (Å²) in [4.78, 5) is 27.8. The standard InChI is InChI=1S/C16H15ClN2O4/c1-10(15(21)19-13-3-2-8-18-14(13)17)23-16(22)12-6-4-11(9-20)5-7-12/h2-8,10,20H,9H2,1H3,(H,19,21)/t10-/m1/s1. The fourth-order valence-electron chi connectivity index (χ4n) is 1.74. The Kier molecular flexibility index (Phi) is 5.67. The van der Waals surface area contributed by atoms with Crippen molar-refractivity contribution in [2.75, 3.05) is 5.32 Å². The molecule has 0 aliphatic carbocycles. The van der Waals surface area contributed by atoms with Crippen molar-refractivity contribution in [2.24, 2.45) is 0 Å². The molecule has 1 aromatic heterocycles. The maximum atomic E-state index is 12.0. The van der Waals surface area contributed by atoms with Gasteiger partial charge in [-0.15, -0.1) is 0 Å². The summed E-state index contributed by atoms with van der Waals surface area (Å²) in [6, 6.07) is 9.48. The number of amides is 1. The third-order valence-corrected chi connectivity index (χ3v) is 3.34. The number of halogens is 1. The summed E-state index contributed by atoms with van der Waals surface area (Å²) in [5, 5.41) is 11.7. The van der Waals surface area contributed by atoms with Crippen LogP contribution in [0.4, 0.5) is 5.69 Å². The minimum atomic E-state index is -1.00. The van der Waals surface area contributed by atoms with Gasteiger partial charge in [0, 0.05) is 6.20 Å². The van der Waals surface area contributed by atoms with Crippen molar-refractivity contribution in [2.45, 2.75) is 19.6 Å². The molecule has 6 nitrogen and oxygen atoms in total. The molecule has 0 bridgehead atoms. The van der Waals surface area contributed by atoms with Gasteiger partial charge in [-0.3, -0.25) is 4.79 Å². The molecule has 1 atom stereocenters. The van der Waals surface area contributed by atoms with E-state index in [-0.39, 0.29) is 11.8 Å². The van der Waals surface area contributed by atoms with Gasteiger partial charge in [0.1, 0.15) is 0 Å². The predicted octanol–water partition coefficient (Wildman–Crippen LogP) is 2.41. The minimum Gasteiger partial charge on any atom is -0.449 e. The van der Waals surface area contributed by atoms with Gasteiger partial charge in [-0.25, -0.2) is 9.78 Å². The topological polar surface area (TPSA) is 88.5 Å². The predicted molar refractivity (Wildman–Crippen MR) is 85.1 cm³/mol. The lowest BCUT2D eigenvalue weighted by Gasteiger charge is -2.14. The molecule has 23 heavy (non-hydrogen) atoms. The number of rotatable bonds is 5. The maximum absolute atomic E-state index is 12.0.